The first-order valence-electron chi connectivity index (χ1n) is 5.43. The molecule has 0 fully saturated rings. The average molecular weight is 297 g/mol. The van der Waals surface area contributed by atoms with E-state index in [1.807, 2.05) is 0 Å². The van der Waals surface area contributed by atoms with E-state index in [4.69, 9.17) is 5.11 Å². The SMILES string of the molecule is O=C(O)Cn1cc(S(=O)(=O)Nc2cccc(O)c2)cn1. The Morgan fingerprint density at radius 3 is 2.80 bits per heavy atom. The summed E-state index contributed by atoms with van der Waals surface area (Å²) in [5.74, 6) is -1.20. The molecular weight excluding hydrogens is 286 g/mol. The van der Waals surface area contributed by atoms with Crippen LogP contribution < -0.4 is 4.72 Å². The third kappa shape index (κ3) is 3.26. The molecule has 0 saturated heterocycles. The number of aliphatic carboxylic acids is 1. The largest absolute Gasteiger partial charge is 0.508 e. The van der Waals surface area contributed by atoms with Gasteiger partial charge in [0.25, 0.3) is 10.0 Å². The summed E-state index contributed by atoms with van der Waals surface area (Å²) in [4.78, 5) is 10.3. The topological polar surface area (TPSA) is 122 Å². The fourth-order valence-electron chi connectivity index (χ4n) is 1.49. The van der Waals surface area contributed by atoms with E-state index in [0.29, 0.717) is 0 Å². The fraction of sp³-hybridized carbons (Fsp3) is 0.0909. The molecule has 0 spiro atoms. The number of carbonyl (C=O) groups is 1. The quantitative estimate of drug-likeness (QED) is 0.737. The molecule has 2 rings (SSSR count). The number of nitrogens with one attached hydrogen (secondary N) is 1. The van der Waals surface area contributed by atoms with Gasteiger partial charge in [0, 0.05) is 12.3 Å². The van der Waals surface area contributed by atoms with Crippen molar-refractivity contribution in [2.24, 2.45) is 0 Å². The molecule has 1 aromatic heterocycles. The Balaban J connectivity index is 2.22. The number of rotatable bonds is 5. The van der Waals surface area contributed by atoms with Gasteiger partial charge in [0.2, 0.25) is 0 Å². The Labute approximate surface area is 114 Å². The number of anilines is 1. The van der Waals surface area contributed by atoms with Crippen molar-refractivity contribution in [3.8, 4) is 5.75 Å². The summed E-state index contributed by atoms with van der Waals surface area (Å²) in [7, 11) is -3.88. The van der Waals surface area contributed by atoms with E-state index >= 15 is 0 Å². The highest BCUT2D eigenvalue weighted by Gasteiger charge is 2.17. The molecule has 0 bridgehead atoms. The van der Waals surface area contributed by atoms with Crippen molar-refractivity contribution in [1.29, 1.82) is 0 Å². The number of sulfonamides is 1. The maximum absolute atomic E-state index is 12.0. The van der Waals surface area contributed by atoms with E-state index in [2.05, 4.69) is 9.82 Å². The summed E-state index contributed by atoms with van der Waals surface area (Å²) in [6, 6.07) is 5.61. The number of carboxylic acids is 1. The number of phenols is 1. The highest BCUT2D eigenvalue weighted by molar-refractivity contribution is 7.92. The molecule has 0 aliphatic rings. The van der Waals surface area contributed by atoms with Crippen LogP contribution in [0.5, 0.6) is 5.75 Å². The fourth-order valence-corrected chi connectivity index (χ4v) is 2.49. The molecule has 1 aromatic carbocycles. The second-order valence-corrected chi connectivity index (χ2v) is 5.61. The smallest absolute Gasteiger partial charge is 0.325 e. The van der Waals surface area contributed by atoms with Gasteiger partial charge in [-0.2, -0.15) is 5.10 Å². The summed E-state index contributed by atoms with van der Waals surface area (Å²) in [5.41, 5.74) is 0.191. The zero-order valence-corrected chi connectivity index (χ0v) is 10.9. The average Bonchev–Trinajstić information content (AvgIpc) is 2.76. The number of phenolic OH excluding ortho intramolecular Hbond substituents is 1. The standard InChI is InChI=1S/C11H11N3O5S/c15-9-3-1-2-8(4-9)13-20(18,19)10-5-12-14(6-10)7-11(16)17/h1-6,13,15H,7H2,(H,16,17). The molecule has 2 aromatic rings. The first kappa shape index (κ1) is 13.9. The van der Waals surface area contributed by atoms with E-state index < -0.39 is 22.5 Å². The summed E-state index contributed by atoms with van der Waals surface area (Å²) >= 11 is 0. The van der Waals surface area contributed by atoms with E-state index in [9.17, 15) is 18.3 Å². The van der Waals surface area contributed by atoms with Crippen molar-refractivity contribution < 1.29 is 23.4 Å². The number of carboxylic acid groups (broad SMARTS) is 1. The second kappa shape index (κ2) is 5.21. The minimum Gasteiger partial charge on any atom is -0.508 e. The third-order valence-electron chi connectivity index (χ3n) is 2.32. The number of nitrogens with zero attached hydrogens (tertiary/aromatic N) is 2. The molecule has 106 valence electrons. The lowest BCUT2D eigenvalue weighted by atomic mass is 10.3. The molecule has 0 aliphatic carbocycles. The lowest BCUT2D eigenvalue weighted by Crippen LogP contribution is -2.12. The Morgan fingerprint density at radius 2 is 2.15 bits per heavy atom. The molecule has 8 nitrogen and oxygen atoms in total. The summed E-state index contributed by atoms with van der Waals surface area (Å²) in [6.07, 6.45) is 2.16. The van der Waals surface area contributed by atoms with Gasteiger partial charge in [-0.25, -0.2) is 8.42 Å². The van der Waals surface area contributed by atoms with Crippen LogP contribution in [-0.4, -0.2) is 34.4 Å². The van der Waals surface area contributed by atoms with Crippen LogP contribution in [0, 0.1) is 0 Å². The van der Waals surface area contributed by atoms with Gasteiger partial charge in [-0.3, -0.25) is 14.2 Å². The maximum Gasteiger partial charge on any atom is 0.325 e. The maximum atomic E-state index is 12.0. The van der Waals surface area contributed by atoms with Crippen molar-refractivity contribution in [3.63, 3.8) is 0 Å². The Morgan fingerprint density at radius 1 is 1.40 bits per heavy atom. The van der Waals surface area contributed by atoms with E-state index in [-0.39, 0.29) is 16.3 Å². The predicted octanol–water partition coefficient (Wildman–Crippen LogP) is 0.474. The second-order valence-electron chi connectivity index (χ2n) is 3.92. The van der Waals surface area contributed by atoms with E-state index in [0.717, 1.165) is 17.1 Å². The van der Waals surface area contributed by atoms with Gasteiger partial charge in [-0.1, -0.05) is 6.07 Å². The van der Waals surface area contributed by atoms with Crippen LogP contribution in [-0.2, 0) is 21.4 Å². The molecule has 0 atom stereocenters. The van der Waals surface area contributed by atoms with Gasteiger partial charge in [-0.15, -0.1) is 0 Å². The Hall–Kier alpha value is -2.55. The number of benzene rings is 1. The van der Waals surface area contributed by atoms with Gasteiger partial charge >= 0.3 is 5.97 Å². The molecule has 0 radical (unpaired) electrons. The number of aromatic nitrogens is 2. The van der Waals surface area contributed by atoms with Crippen LogP contribution in [0.4, 0.5) is 5.69 Å². The molecule has 0 unspecified atom stereocenters. The summed E-state index contributed by atoms with van der Waals surface area (Å²) in [6.45, 7) is -0.429. The normalized spacial score (nSPS) is 11.2. The predicted molar refractivity (Wildman–Crippen MR) is 68.8 cm³/mol. The summed E-state index contributed by atoms with van der Waals surface area (Å²) in [5, 5.41) is 21.5. The van der Waals surface area contributed by atoms with Crippen LogP contribution in [0.1, 0.15) is 0 Å². The lowest BCUT2D eigenvalue weighted by Gasteiger charge is -2.06. The van der Waals surface area contributed by atoms with Crippen LogP contribution in [0.25, 0.3) is 0 Å². The van der Waals surface area contributed by atoms with Gasteiger partial charge in [0.05, 0.1) is 11.9 Å². The lowest BCUT2D eigenvalue weighted by molar-refractivity contribution is -0.137. The Bertz CT molecular complexity index is 738. The molecule has 9 heteroatoms. The zero-order valence-electron chi connectivity index (χ0n) is 10.1. The molecule has 0 saturated carbocycles. The summed E-state index contributed by atoms with van der Waals surface area (Å²) < 4.78 is 27.3. The van der Waals surface area contributed by atoms with Crippen LogP contribution in [0.2, 0.25) is 0 Å². The van der Waals surface area contributed by atoms with Gasteiger partial charge in [0.15, 0.2) is 0 Å². The van der Waals surface area contributed by atoms with Crippen LogP contribution in [0.15, 0.2) is 41.6 Å². The molecule has 0 aliphatic heterocycles. The minimum atomic E-state index is -3.88. The first-order valence-corrected chi connectivity index (χ1v) is 6.91. The van der Waals surface area contributed by atoms with Gasteiger partial charge in [0.1, 0.15) is 17.2 Å². The van der Waals surface area contributed by atoms with Crippen LogP contribution in [0.3, 0.4) is 0 Å². The van der Waals surface area contributed by atoms with Crippen molar-refractivity contribution in [2.45, 2.75) is 11.4 Å². The number of hydrogen-bond acceptors (Lipinski definition) is 5. The molecule has 0 amide bonds. The van der Waals surface area contributed by atoms with Crippen LogP contribution >= 0.6 is 0 Å². The highest BCUT2D eigenvalue weighted by atomic mass is 32.2. The van der Waals surface area contributed by atoms with Crippen molar-refractivity contribution >= 4 is 21.7 Å². The zero-order chi connectivity index (χ0) is 14.8. The monoisotopic (exact) mass is 297 g/mol. The number of hydrogen-bond donors (Lipinski definition) is 3. The molecule has 3 N–H and O–H groups in total. The minimum absolute atomic E-state index is 0.0771. The molecule has 20 heavy (non-hydrogen) atoms. The molecule has 1 heterocycles. The van der Waals surface area contributed by atoms with Crippen molar-refractivity contribution in [1.82, 2.24) is 9.78 Å². The van der Waals surface area contributed by atoms with Gasteiger partial charge < -0.3 is 10.2 Å². The Kier molecular flexibility index (Phi) is 3.61. The van der Waals surface area contributed by atoms with E-state index in [1.165, 1.54) is 24.3 Å². The third-order valence-corrected chi connectivity index (χ3v) is 3.65. The van der Waals surface area contributed by atoms with Gasteiger partial charge in [-0.05, 0) is 12.1 Å². The van der Waals surface area contributed by atoms with E-state index in [1.54, 1.807) is 0 Å². The van der Waals surface area contributed by atoms with Crippen molar-refractivity contribution in [2.75, 3.05) is 4.72 Å². The highest BCUT2D eigenvalue weighted by Crippen LogP contribution is 2.19. The van der Waals surface area contributed by atoms with Crippen molar-refractivity contribution in [3.05, 3.63) is 36.7 Å². The first-order chi connectivity index (χ1) is 9.37. The molecular formula is C11H11N3O5S. The number of aromatic hydroxyl groups is 1.